The molecule has 2 amide bonds. The van der Waals surface area contributed by atoms with E-state index in [0.717, 1.165) is 11.8 Å². The van der Waals surface area contributed by atoms with E-state index in [-0.39, 0.29) is 28.8 Å². The van der Waals surface area contributed by atoms with E-state index in [0.29, 0.717) is 37.1 Å². The summed E-state index contributed by atoms with van der Waals surface area (Å²) >= 11 is 0. The number of alkyl halides is 3. The molecule has 0 bridgehead atoms. The Morgan fingerprint density at radius 1 is 1.04 bits per heavy atom. The van der Waals surface area contributed by atoms with Crippen LogP contribution in [0.2, 0.25) is 0 Å². The molecule has 5 rings (SSSR count). The third-order valence-electron chi connectivity index (χ3n) is 7.66. The van der Waals surface area contributed by atoms with Gasteiger partial charge in [-0.15, -0.1) is 0 Å². The van der Waals surface area contributed by atoms with Gasteiger partial charge in [-0.3, -0.25) is 4.79 Å². The van der Waals surface area contributed by atoms with Crippen LogP contribution in [-0.4, -0.2) is 72.8 Å². The fourth-order valence-corrected chi connectivity index (χ4v) is 5.15. The predicted molar refractivity (Wildman–Crippen MR) is 165 cm³/mol. The Balaban J connectivity index is 1.31. The third kappa shape index (κ3) is 7.58. The van der Waals surface area contributed by atoms with Crippen LogP contribution in [0.1, 0.15) is 68.3 Å². The van der Waals surface area contributed by atoms with Crippen molar-refractivity contribution in [2.45, 2.75) is 58.3 Å². The minimum absolute atomic E-state index is 0.0379. The van der Waals surface area contributed by atoms with Crippen molar-refractivity contribution < 1.29 is 32.4 Å². The number of carbonyl (C=O) groups is 2. The van der Waals surface area contributed by atoms with Crippen LogP contribution in [0.25, 0.3) is 11.3 Å². The Morgan fingerprint density at radius 3 is 2.43 bits per heavy atom. The van der Waals surface area contributed by atoms with Gasteiger partial charge in [-0.25, -0.2) is 19.7 Å². The molecule has 0 saturated carbocycles. The van der Waals surface area contributed by atoms with Gasteiger partial charge in [0.25, 0.3) is 0 Å². The number of rotatable bonds is 7. The van der Waals surface area contributed by atoms with Crippen LogP contribution in [0.5, 0.6) is 0 Å². The van der Waals surface area contributed by atoms with Crippen LogP contribution < -0.4 is 15.5 Å². The molecule has 16 heteroatoms. The number of benzene rings is 1. The van der Waals surface area contributed by atoms with E-state index < -0.39 is 35.2 Å². The average molecular weight is 654 g/mol. The summed E-state index contributed by atoms with van der Waals surface area (Å²) < 4.78 is 47.8. The summed E-state index contributed by atoms with van der Waals surface area (Å²) in [6, 6.07) is 7.77. The molecule has 13 nitrogen and oxygen atoms in total. The van der Waals surface area contributed by atoms with E-state index in [1.165, 1.54) is 36.4 Å². The molecule has 1 unspecified atom stereocenters. The first kappa shape index (κ1) is 33.1. The lowest BCUT2D eigenvalue weighted by molar-refractivity contribution is -0.138. The number of nitrogens with zero attached hydrogens (tertiary/aromatic N) is 7. The van der Waals surface area contributed by atoms with Crippen molar-refractivity contribution in [2.24, 2.45) is 0 Å². The van der Waals surface area contributed by atoms with Gasteiger partial charge in [0, 0.05) is 42.7 Å². The number of halogens is 3. The van der Waals surface area contributed by atoms with Gasteiger partial charge in [0.2, 0.25) is 0 Å². The summed E-state index contributed by atoms with van der Waals surface area (Å²) in [5.74, 6) is -0.0792. The number of piperazine rings is 1. The Kier molecular flexibility index (Phi) is 9.04. The summed E-state index contributed by atoms with van der Waals surface area (Å²) in [6.45, 7) is 10.2. The van der Waals surface area contributed by atoms with Gasteiger partial charge in [-0.2, -0.15) is 18.2 Å². The molecule has 1 saturated heterocycles. The maximum absolute atomic E-state index is 14.3. The van der Waals surface area contributed by atoms with Crippen LogP contribution in [0.4, 0.5) is 35.3 Å². The topological polar surface area (TPSA) is 162 Å². The fourth-order valence-electron chi connectivity index (χ4n) is 5.15. The molecule has 0 aliphatic carbocycles. The zero-order valence-corrected chi connectivity index (χ0v) is 26.3. The van der Waals surface area contributed by atoms with Gasteiger partial charge in [-0.05, 0) is 37.6 Å². The second-order valence-corrected chi connectivity index (χ2v) is 12.3. The smallest absolute Gasteiger partial charge is 0.416 e. The normalized spacial score (nSPS) is 16.1. The Hall–Kier alpha value is -5.28. The number of anilines is 3. The van der Waals surface area contributed by atoms with Crippen molar-refractivity contribution in [2.75, 3.05) is 29.9 Å². The van der Waals surface area contributed by atoms with Crippen LogP contribution in [0.15, 0.2) is 53.4 Å². The van der Waals surface area contributed by atoms with E-state index in [2.05, 4.69) is 40.6 Å². The molecule has 1 fully saturated rings. The van der Waals surface area contributed by atoms with Gasteiger partial charge < -0.3 is 30.1 Å². The number of carboxylic acid groups (broad SMARTS) is 1. The first-order valence-corrected chi connectivity index (χ1v) is 14.8. The van der Waals surface area contributed by atoms with Gasteiger partial charge in [0.05, 0.1) is 29.2 Å². The van der Waals surface area contributed by atoms with E-state index >= 15 is 0 Å². The van der Waals surface area contributed by atoms with Crippen molar-refractivity contribution in [3.05, 3.63) is 71.8 Å². The number of pyridine rings is 1. The summed E-state index contributed by atoms with van der Waals surface area (Å²) in [7, 11) is 0. The first-order chi connectivity index (χ1) is 22.1. The van der Waals surface area contributed by atoms with E-state index in [4.69, 9.17) is 4.52 Å². The predicted octanol–water partition coefficient (Wildman–Crippen LogP) is 5.66. The number of nitrogens with one attached hydrogen (secondary N) is 2. The molecule has 1 aliphatic rings. The molecule has 3 N–H and O–H groups in total. The zero-order valence-electron chi connectivity index (χ0n) is 26.3. The first-order valence-electron chi connectivity index (χ1n) is 14.8. The zero-order chi connectivity index (χ0) is 34.1. The second-order valence-electron chi connectivity index (χ2n) is 12.3. The maximum atomic E-state index is 14.3. The van der Waals surface area contributed by atoms with Crippen LogP contribution in [0, 0.1) is 0 Å². The Labute approximate surface area is 268 Å². The molecule has 1 aromatic carbocycles. The molecular weight excluding hydrogens is 619 g/mol. The van der Waals surface area contributed by atoms with Gasteiger partial charge >= 0.3 is 24.1 Å². The highest BCUT2D eigenvalue weighted by atomic mass is 19.4. The number of hydrogen-bond acceptors (Lipinski definition) is 10. The third-order valence-corrected chi connectivity index (χ3v) is 7.66. The summed E-state index contributed by atoms with van der Waals surface area (Å²) in [5.41, 5.74) is -0.319. The number of aromatic nitrogens is 5. The SMILES string of the molecule is CC1CN(C(=O)O)CCN1c1ccc(Nc2cc(-c3ccc([C@@H](C)NC(=O)c4nc(C(C)(C)C)no4)c(C(F)(F)F)c3)ncn2)nc1. The lowest BCUT2D eigenvalue weighted by Gasteiger charge is -2.39. The summed E-state index contributed by atoms with van der Waals surface area (Å²) in [6.07, 6.45) is -2.78. The van der Waals surface area contributed by atoms with Crippen LogP contribution in [-0.2, 0) is 11.6 Å². The van der Waals surface area contributed by atoms with Crippen LogP contribution >= 0.6 is 0 Å². The van der Waals surface area contributed by atoms with E-state index in [9.17, 15) is 27.9 Å². The fraction of sp³-hybridized carbons (Fsp3) is 0.387. The van der Waals surface area contributed by atoms with Crippen LogP contribution in [0.3, 0.4) is 0 Å². The van der Waals surface area contributed by atoms with Gasteiger partial charge in [0.1, 0.15) is 18.0 Å². The molecule has 2 atom stereocenters. The summed E-state index contributed by atoms with van der Waals surface area (Å²) in [5, 5.41) is 18.6. The Bertz CT molecular complexity index is 1760. The molecule has 0 spiro atoms. The van der Waals surface area contributed by atoms with Crippen molar-refractivity contribution in [1.82, 2.24) is 35.3 Å². The van der Waals surface area contributed by atoms with Gasteiger partial charge in [0.15, 0.2) is 5.82 Å². The number of carbonyl (C=O) groups excluding carboxylic acids is 1. The molecule has 3 aromatic heterocycles. The molecule has 47 heavy (non-hydrogen) atoms. The van der Waals surface area contributed by atoms with Crippen molar-refractivity contribution >= 4 is 29.3 Å². The van der Waals surface area contributed by atoms with Crippen molar-refractivity contribution in [1.29, 1.82) is 0 Å². The molecule has 1 aliphatic heterocycles. The number of amides is 2. The lowest BCUT2D eigenvalue weighted by atomic mass is 9.96. The maximum Gasteiger partial charge on any atom is 0.416 e. The van der Waals surface area contributed by atoms with E-state index in [1.807, 2.05) is 33.8 Å². The van der Waals surface area contributed by atoms with E-state index in [1.54, 1.807) is 12.3 Å². The monoisotopic (exact) mass is 653 g/mol. The van der Waals surface area contributed by atoms with Crippen molar-refractivity contribution in [3.63, 3.8) is 0 Å². The molecule has 248 valence electrons. The van der Waals surface area contributed by atoms with Crippen molar-refractivity contribution in [3.8, 4) is 11.3 Å². The molecule has 0 radical (unpaired) electrons. The number of hydrogen-bond donors (Lipinski definition) is 3. The molecular formula is C31H34F3N9O4. The highest BCUT2D eigenvalue weighted by Gasteiger charge is 2.36. The highest BCUT2D eigenvalue weighted by molar-refractivity contribution is 5.89. The molecule has 4 aromatic rings. The highest BCUT2D eigenvalue weighted by Crippen LogP contribution is 2.37. The minimum Gasteiger partial charge on any atom is -0.465 e. The lowest BCUT2D eigenvalue weighted by Crippen LogP contribution is -2.53. The minimum atomic E-state index is -4.73. The van der Waals surface area contributed by atoms with Gasteiger partial charge in [-0.1, -0.05) is 38.1 Å². The second kappa shape index (κ2) is 12.8. The molecule has 4 heterocycles. The quantitative estimate of drug-likeness (QED) is 0.226. The standard InChI is InChI=1S/C31H34F3N9O4/c1-17-15-42(29(45)46)10-11-43(17)20-7-9-24(35-14-20)39-25-13-23(36-16-37-25)19-6-8-21(22(12-19)31(32,33)34)18(2)38-26(44)27-40-28(41-47-27)30(3,4)5/h6-9,12-14,16-18H,10-11,15H2,1-5H3,(H,38,44)(H,45,46)(H,35,36,37,39)/t17?,18-/m1/s1. The average Bonchev–Trinajstić information content (AvgIpc) is 3.53. The Morgan fingerprint density at radius 2 is 1.81 bits per heavy atom. The largest absolute Gasteiger partial charge is 0.465 e. The summed E-state index contributed by atoms with van der Waals surface area (Å²) in [4.78, 5) is 44.3.